The molecule has 0 atom stereocenters. The van der Waals surface area contributed by atoms with E-state index in [9.17, 15) is 17.9 Å². The van der Waals surface area contributed by atoms with E-state index in [1.54, 1.807) is 20.8 Å². The van der Waals surface area contributed by atoms with Gasteiger partial charge in [-0.3, -0.25) is 14.7 Å². The zero-order valence-electron chi connectivity index (χ0n) is 22.6. The molecule has 3 rings (SSSR count). The number of pyridine rings is 1. The molecule has 2 N–H and O–H groups in total. The van der Waals surface area contributed by atoms with Crippen LogP contribution in [0.1, 0.15) is 61.1 Å². The van der Waals surface area contributed by atoms with E-state index in [0.717, 1.165) is 24.4 Å². The number of hydrogen-bond donors (Lipinski definition) is 2. The predicted molar refractivity (Wildman–Crippen MR) is 147 cm³/mol. The number of anilines is 1. The molecule has 0 aliphatic heterocycles. The first-order chi connectivity index (χ1) is 17.9. The summed E-state index contributed by atoms with van der Waals surface area (Å²) in [5.41, 5.74) is -0.524. The minimum atomic E-state index is -4.43. The summed E-state index contributed by atoms with van der Waals surface area (Å²) in [6, 6.07) is 2.95. The molecule has 0 saturated carbocycles. The standard InChI is InChI=1S/C22H21ClF2N4O4S.2C2H6/c1-11(2)33-22-19(7-14(23)8-28-22)34(31,32)29-16-6-5-15(24)20(21(16)25)18-10-26-17(9-27-18)12(3)13(4)30;2*1-2/h5-11,29-30H,1-4H3;2*1-2H3/b13-12-;;. The number of allylic oxidation sites excluding steroid dienone is 2. The van der Waals surface area contributed by atoms with Crippen molar-refractivity contribution in [3.63, 3.8) is 0 Å². The van der Waals surface area contributed by atoms with Crippen LogP contribution in [0.3, 0.4) is 0 Å². The Balaban J connectivity index is 0.00000172. The number of rotatable bonds is 7. The fraction of sp³-hybridized carbons (Fsp3) is 0.346. The molecule has 0 fully saturated rings. The Morgan fingerprint density at radius 3 is 2.18 bits per heavy atom. The molecule has 0 unspecified atom stereocenters. The van der Waals surface area contributed by atoms with Crippen molar-refractivity contribution in [1.82, 2.24) is 15.0 Å². The molecule has 0 spiro atoms. The molecule has 0 radical (unpaired) electrons. The highest BCUT2D eigenvalue weighted by Crippen LogP contribution is 2.33. The van der Waals surface area contributed by atoms with Gasteiger partial charge >= 0.3 is 0 Å². The Bertz CT molecular complexity index is 1360. The largest absolute Gasteiger partial charge is 0.512 e. The Labute approximate surface area is 227 Å². The molecule has 38 heavy (non-hydrogen) atoms. The van der Waals surface area contributed by atoms with Crippen molar-refractivity contribution < 1.29 is 27.0 Å². The Kier molecular flexibility index (Phi) is 12.6. The highest BCUT2D eigenvalue weighted by Gasteiger charge is 2.26. The van der Waals surface area contributed by atoms with Crippen LogP contribution in [0.4, 0.5) is 14.5 Å². The maximum absolute atomic E-state index is 15.3. The molecule has 2 heterocycles. The summed E-state index contributed by atoms with van der Waals surface area (Å²) >= 11 is 5.91. The lowest BCUT2D eigenvalue weighted by Crippen LogP contribution is -2.18. The predicted octanol–water partition coefficient (Wildman–Crippen LogP) is 7.42. The maximum atomic E-state index is 15.3. The average Bonchev–Trinajstić information content (AvgIpc) is 2.89. The number of aliphatic hydroxyl groups is 1. The number of sulfonamides is 1. The van der Waals surface area contributed by atoms with Crippen LogP contribution < -0.4 is 9.46 Å². The number of hydrogen-bond acceptors (Lipinski definition) is 7. The van der Waals surface area contributed by atoms with Crippen LogP contribution >= 0.6 is 11.6 Å². The third-order valence-electron chi connectivity index (χ3n) is 4.59. The van der Waals surface area contributed by atoms with Gasteiger partial charge in [-0.05, 0) is 45.9 Å². The normalized spacial score (nSPS) is 11.5. The number of aliphatic hydroxyl groups excluding tert-OH is 1. The number of benzene rings is 1. The monoisotopic (exact) mass is 570 g/mol. The number of nitrogens with one attached hydrogen (secondary N) is 1. The molecule has 1 aromatic carbocycles. The molecule has 208 valence electrons. The second-order valence-electron chi connectivity index (χ2n) is 7.51. The molecular weight excluding hydrogens is 538 g/mol. The van der Waals surface area contributed by atoms with E-state index in [-0.39, 0.29) is 22.4 Å². The molecule has 0 bridgehead atoms. The summed E-state index contributed by atoms with van der Waals surface area (Å²) in [4.78, 5) is 11.6. The summed E-state index contributed by atoms with van der Waals surface area (Å²) in [6.07, 6.45) is 3.18. The molecule has 0 amide bonds. The zero-order chi connectivity index (χ0) is 29.2. The van der Waals surface area contributed by atoms with Crippen LogP contribution in [0.25, 0.3) is 16.8 Å². The first-order valence-electron chi connectivity index (χ1n) is 11.9. The van der Waals surface area contributed by atoms with Gasteiger partial charge in [0.1, 0.15) is 5.82 Å². The van der Waals surface area contributed by atoms with E-state index < -0.39 is 43.9 Å². The van der Waals surface area contributed by atoms with Gasteiger partial charge in [0.2, 0.25) is 5.88 Å². The van der Waals surface area contributed by atoms with Crippen LogP contribution in [0.15, 0.2) is 47.4 Å². The average molecular weight is 571 g/mol. The van der Waals surface area contributed by atoms with Gasteiger partial charge in [0.15, 0.2) is 10.7 Å². The van der Waals surface area contributed by atoms with Crippen molar-refractivity contribution >= 4 is 32.9 Å². The van der Waals surface area contributed by atoms with E-state index in [2.05, 4.69) is 19.7 Å². The molecule has 0 aliphatic carbocycles. The lowest BCUT2D eigenvalue weighted by atomic mass is 10.1. The van der Waals surface area contributed by atoms with Gasteiger partial charge in [-0.25, -0.2) is 22.2 Å². The molecule has 0 aliphatic rings. The summed E-state index contributed by atoms with van der Waals surface area (Å²) < 4.78 is 63.4. The van der Waals surface area contributed by atoms with Gasteiger partial charge in [-0.2, -0.15) is 0 Å². The number of nitrogens with zero attached hydrogens (tertiary/aromatic N) is 3. The van der Waals surface area contributed by atoms with Crippen LogP contribution in [-0.2, 0) is 10.0 Å². The molecule has 8 nitrogen and oxygen atoms in total. The van der Waals surface area contributed by atoms with Gasteiger partial charge in [0.25, 0.3) is 10.0 Å². The lowest BCUT2D eigenvalue weighted by Gasteiger charge is -2.16. The fourth-order valence-electron chi connectivity index (χ4n) is 2.81. The summed E-state index contributed by atoms with van der Waals surface area (Å²) in [7, 11) is -4.43. The number of halogens is 3. The number of aromatic nitrogens is 3. The van der Waals surface area contributed by atoms with Gasteiger partial charge in [-0.15, -0.1) is 0 Å². The minimum absolute atomic E-state index is 0.0205. The van der Waals surface area contributed by atoms with Gasteiger partial charge in [0, 0.05) is 11.8 Å². The Hall–Kier alpha value is -3.31. The van der Waals surface area contributed by atoms with E-state index >= 15 is 4.39 Å². The van der Waals surface area contributed by atoms with Gasteiger partial charge in [-0.1, -0.05) is 39.3 Å². The van der Waals surface area contributed by atoms with Crippen molar-refractivity contribution in [3.05, 3.63) is 64.9 Å². The van der Waals surface area contributed by atoms with Crippen LogP contribution in [0.5, 0.6) is 5.88 Å². The lowest BCUT2D eigenvalue weighted by molar-refractivity contribution is 0.226. The third-order valence-corrected chi connectivity index (χ3v) is 6.16. The van der Waals surface area contributed by atoms with E-state index in [4.69, 9.17) is 16.3 Å². The first kappa shape index (κ1) is 32.7. The fourth-order valence-corrected chi connectivity index (χ4v) is 4.21. The van der Waals surface area contributed by atoms with Crippen molar-refractivity contribution in [2.75, 3.05) is 4.72 Å². The van der Waals surface area contributed by atoms with Crippen molar-refractivity contribution in [3.8, 4) is 17.1 Å². The van der Waals surface area contributed by atoms with Crippen molar-refractivity contribution in [2.45, 2.75) is 66.4 Å². The number of ether oxygens (including phenoxy) is 1. The molecule has 0 saturated heterocycles. The Morgan fingerprint density at radius 1 is 1.03 bits per heavy atom. The van der Waals surface area contributed by atoms with Gasteiger partial charge in [0.05, 0.1) is 51.9 Å². The summed E-state index contributed by atoms with van der Waals surface area (Å²) in [6.45, 7) is 14.4. The van der Waals surface area contributed by atoms with Crippen LogP contribution in [0, 0.1) is 11.6 Å². The molecule has 3 aromatic rings. The summed E-state index contributed by atoms with van der Waals surface area (Å²) in [5.74, 6) is -2.37. The topological polar surface area (TPSA) is 114 Å². The third kappa shape index (κ3) is 8.09. The SMILES string of the molecule is C/C(O)=C(\C)c1cnc(-c2c(F)ccc(NS(=O)(=O)c3cc(Cl)cnc3OC(C)C)c2F)cn1.CC.CC. The second-order valence-corrected chi connectivity index (χ2v) is 9.60. The molecule has 2 aromatic heterocycles. The van der Waals surface area contributed by atoms with E-state index in [0.29, 0.717) is 11.3 Å². The van der Waals surface area contributed by atoms with Gasteiger partial charge < -0.3 is 9.84 Å². The summed E-state index contributed by atoms with van der Waals surface area (Å²) in [5, 5.41) is 9.60. The van der Waals surface area contributed by atoms with Crippen molar-refractivity contribution in [2.24, 2.45) is 0 Å². The van der Waals surface area contributed by atoms with Crippen molar-refractivity contribution in [1.29, 1.82) is 0 Å². The highest BCUT2D eigenvalue weighted by atomic mass is 35.5. The second kappa shape index (κ2) is 14.6. The van der Waals surface area contributed by atoms with E-state index in [1.807, 2.05) is 27.7 Å². The first-order valence-corrected chi connectivity index (χ1v) is 13.8. The quantitative estimate of drug-likeness (QED) is 0.284. The highest BCUT2D eigenvalue weighted by molar-refractivity contribution is 7.92. The molecule has 12 heteroatoms. The maximum Gasteiger partial charge on any atom is 0.267 e. The molecular formula is C26H33ClF2N4O4S. The van der Waals surface area contributed by atoms with E-state index in [1.165, 1.54) is 19.3 Å². The zero-order valence-corrected chi connectivity index (χ0v) is 24.2. The van der Waals surface area contributed by atoms with Crippen LogP contribution in [-0.4, -0.2) is 34.6 Å². The Morgan fingerprint density at radius 2 is 1.66 bits per heavy atom. The van der Waals surface area contributed by atoms with Crippen LogP contribution in [0.2, 0.25) is 5.02 Å². The minimum Gasteiger partial charge on any atom is -0.512 e. The smallest absolute Gasteiger partial charge is 0.267 e.